The highest BCUT2D eigenvalue weighted by Crippen LogP contribution is 2.38. The minimum absolute atomic E-state index is 0. The second-order valence-electron chi connectivity index (χ2n) is 5.96. The van der Waals surface area contributed by atoms with Crippen LogP contribution in [0, 0.1) is 5.92 Å². The van der Waals surface area contributed by atoms with E-state index >= 15 is 0 Å². The summed E-state index contributed by atoms with van der Waals surface area (Å²) in [5.41, 5.74) is 0. The Hall–Kier alpha value is -0.650. The average molecular weight is 285 g/mol. The molecule has 0 bridgehead atoms. The molecule has 1 aromatic heterocycles. The maximum Gasteiger partial charge on any atom is 0.229 e. The van der Waals surface area contributed by atoms with Gasteiger partial charge in [-0.2, -0.15) is 4.98 Å². The molecule has 2 unspecified atom stereocenters. The van der Waals surface area contributed by atoms with Gasteiger partial charge in [0, 0.05) is 25.0 Å². The first-order valence-electron chi connectivity index (χ1n) is 7.17. The van der Waals surface area contributed by atoms with E-state index in [9.17, 15) is 0 Å². The number of aromatic nitrogens is 2. The average Bonchev–Trinajstić information content (AvgIpc) is 2.95. The van der Waals surface area contributed by atoms with Gasteiger partial charge in [0.25, 0.3) is 0 Å². The van der Waals surface area contributed by atoms with E-state index in [0.717, 1.165) is 36.8 Å². The van der Waals surface area contributed by atoms with Crippen molar-refractivity contribution in [3.8, 4) is 0 Å². The zero-order valence-electron chi connectivity index (χ0n) is 11.0. The van der Waals surface area contributed by atoms with Gasteiger partial charge < -0.3 is 9.84 Å². The number of nitrogens with zero attached hydrogens (tertiary/aromatic N) is 3. The van der Waals surface area contributed by atoms with Crippen LogP contribution in [0.5, 0.6) is 0 Å². The smallest absolute Gasteiger partial charge is 0.229 e. The third-order valence-corrected chi connectivity index (χ3v) is 4.52. The quantitative estimate of drug-likeness (QED) is 0.913. The molecule has 2 atom stereocenters. The van der Waals surface area contributed by atoms with Crippen molar-refractivity contribution < 1.29 is 4.52 Å². The third kappa shape index (κ3) is 2.78. The molecule has 1 saturated carbocycles. The van der Waals surface area contributed by atoms with Gasteiger partial charge in [-0.25, -0.2) is 0 Å². The van der Waals surface area contributed by atoms with Gasteiger partial charge >= 0.3 is 0 Å². The molecule has 0 spiro atoms. The zero-order valence-corrected chi connectivity index (χ0v) is 11.9. The molecule has 3 aliphatic rings. The lowest BCUT2D eigenvalue weighted by atomic mass is 9.93. The van der Waals surface area contributed by atoms with Crippen molar-refractivity contribution >= 4 is 12.4 Å². The third-order valence-electron chi connectivity index (χ3n) is 4.52. The van der Waals surface area contributed by atoms with Crippen LogP contribution in [0.1, 0.15) is 43.3 Å². The lowest BCUT2D eigenvalue weighted by Gasteiger charge is -2.33. The Morgan fingerprint density at radius 2 is 2.16 bits per heavy atom. The number of hydrogen-bond donors (Lipinski definition) is 1. The van der Waals surface area contributed by atoms with Crippen molar-refractivity contribution in [2.45, 2.75) is 44.2 Å². The van der Waals surface area contributed by atoms with Crippen LogP contribution in [0.2, 0.25) is 0 Å². The van der Waals surface area contributed by atoms with Gasteiger partial charge in [0.1, 0.15) is 0 Å². The Bertz CT molecular complexity index is 434. The van der Waals surface area contributed by atoms with E-state index < -0.39 is 0 Å². The van der Waals surface area contributed by atoms with Gasteiger partial charge in [-0.05, 0) is 38.1 Å². The van der Waals surface area contributed by atoms with Gasteiger partial charge in [0.05, 0.1) is 6.54 Å². The summed E-state index contributed by atoms with van der Waals surface area (Å²) in [5.74, 6) is 3.13. The maximum atomic E-state index is 5.32. The topological polar surface area (TPSA) is 54.2 Å². The van der Waals surface area contributed by atoms with E-state index in [1.165, 1.54) is 38.8 Å². The first kappa shape index (κ1) is 13.3. The molecule has 6 heteroatoms. The number of rotatable bonds is 3. The lowest BCUT2D eigenvalue weighted by Crippen LogP contribution is -2.44. The number of fused-ring (bicyclic) bond motifs is 1. The van der Waals surface area contributed by atoms with E-state index in [2.05, 4.69) is 20.4 Å². The molecule has 2 aliphatic heterocycles. The van der Waals surface area contributed by atoms with Crippen LogP contribution in [0.4, 0.5) is 0 Å². The summed E-state index contributed by atoms with van der Waals surface area (Å²) in [7, 11) is 0. The number of likely N-dealkylation sites (tertiary alicyclic amines) is 1. The number of halogens is 1. The summed E-state index contributed by atoms with van der Waals surface area (Å²) in [4.78, 5) is 7.00. The Morgan fingerprint density at radius 3 is 3.00 bits per heavy atom. The molecule has 1 aromatic rings. The van der Waals surface area contributed by atoms with Gasteiger partial charge in [-0.3, -0.25) is 4.90 Å². The lowest BCUT2D eigenvalue weighted by molar-refractivity contribution is 0.151. The molecule has 0 radical (unpaired) electrons. The second-order valence-corrected chi connectivity index (χ2v) is 5.96. The highest BCUT2D eigenvalue weighted by atomic mass is 35.5. The Labute approximate surface area is 119 Å². The van der Waals surface area contributed by atoms with Crippen molar-refractivity contribution in [1.29, 1.82) is 0 Å². The predicted octanol–water partition coefficient (Wildman–Crippen LogP) is 1.55. The minimum atomic E-state index is 0. The Kier molecular flexibility index (Phi) is 3.78. The number of hydrogen-bond acceptors (Lipinski definition) is 5. The van der Waals surface area contributed by atoms with Crippen LogP contribution >= 0.6 is 12.4 Å². The van der Waals surface area contributed by atoms with Gasteiger partial charge in [0.2, 0.25) is 5.89 Å². The zero-order chi connectivity index (χ0) is 11.9. The molecule has 106 valence electrons. The molecule has 19 heavy (non-hydrogen) atoms. The molecule has 3 heterocycles. The summed E-state index contributed by atoms with van der Waals surface area (Å²) in [6.45, 7) is 4.39. The second kappa shape index (κ2) is 5.38. The van der Waals surface area contributed by atoms with E-state index in [-0.39, 0.29) is 12.4 Å². The maximum absolute atomic E-state index is 5.32. The van der Waals surface area contributed by atoms with Crippen LogP contribution in [-0.4, -0.2) is 40.7 Å². The van der Waals surface area contributed by atoms with Crippen LogP contribution in [-0.2, 0) is 6.54 Å². The molecular weight excluding hydrogens is 264 g/mol. The first-order valence-corrected chi connectivity index (χ1v) is 7.17. The van der Waals surface area contributed by atoms with E-state index in [1.807, 2.05) is 0 Å². The van der Waals surface area contributed by atoms with Gasteiger partial charge in [-0.15, -0.1) is 12.4 Å². The summed E-state index contributed by atoms with van der Waals surface area (Å²) in [5, 5.41) is 7.71. The predicted molar refractivity (Wildman–Crippen MR) is 73.3 cm³/mol. The fourth-order valence-corrected chi connectivity index (χ4v) is 3.29. The molecular formula is C13H21ClN4O. The minimum Gasteiger partial charge on any atom is -0.339 e. The fourth-order valence-electron chi connectivity index (χ4n) is 3.29. The Morgan fingerprint density at radius 1 is 1.26 bits per heavy atom. The SMILES string of the molecule is C1CC2CN(Cc3noc(C4CC4)n3)CCC2N1.Cl. The van der Waals surface area contributed by atoms with Crippen molar-refractivity contribution in [3.05, 3.63) is 11.7 Å². The van der Waals surface area contributed by atoms with Crippen LogP contribution in [0.15, 0.2) is 4.52 Å². The molecule has 5 nitrogen and oxygen atoms in total. The highest BCUT2D eigenvalue weighted by molar-refractivity contribution is 5.85. The van der Waals surface area contributed by atoms with E-state index in [1.54, 1.807) is 0 Å². The van der Waals surface area contributed by atoms with Gasteiger partial charge in [0.15, 0.2) is 5.82 Å². The summed E-state index contributed by atoms with van der Waals surface area (Å²) >= 11 is 0. The van der Waals surface area contributed by atoms with E-state index in [0.29, 0.717) is 5.92 Å². The van der Waals surface area contributed by atoms with Crippen molar-refractivity contribution in [3.63, 3.8) is 0 Å². The van der Waals surface area contributed by atoms with E-state index in [4.69, 9.17) is 4.52 Å². The molecule has 0 aromatic carbocycles. The van der Waals surface area contributed by atoms with Crippen molar-refractivity contribution in [2.24, 2.45) is 5.92 Å². The molecule has 1 N–H and O–H groups in total. The van der Waals surface area contributed by atoms with Crippen LogP contribution in [0.3, 0.4) is 0 Å². The normalized spacial score (nSPS) is 30.9. The van der Waals surface area contributed by atoms with Crippen molar-refractivity contribution in [1.82, 2.24) is 20.4 Å². The van der Waals surface area contributed by atoms with Crippen LogP contribution in [0.25, 0.3) is 0 Å². The fraction of sp³-hybridized carbons (Fsp3) is 0.846. The molecule has 2 saturated heterocycles. The first-order chi connectivity index (χ1) is 8.88. The van der Waals surface area contributed by atoms with Gasteiger partial charge in [-0.1, -0.05) is 5.16 Å². The molecule has 3 fully saturated rings. The van der Waals surface area contributed by atoms with Crippen molar-refractivity contribution in [2.75, 3.05) is 19.6 Å². The molecule has 4 rings (SSSR count). The highest BCUT2D eigenvalue weighted by Gasteiger charge is 2.33. The summed E-state index contributed by atoms with van der Waals surface area (Å²) in [6.07, 6.45) is 5.03. The largest absolute Gasteiger partial charge is 0.339 e. The molecule has 1 aliphatic carbocycles. The Balaban J connectivity index is 0.00000110. The van der Waals surface area contributed by atoms with Crippen LogP contribution < -0.4 is 5.32 Å². The number of nitrogens with one attached hydrogen (secondary N) is 1. The molecule has 0 amide bonds. The summed E-state index contributed by atoms with van der Waals surface area (Å²) in [6, 6.07) is 0.758. The monoisotopic (exact) mass is 284 g/mol. The summed E-state index contributed by atoms with van der Waals surface area (Å²) < 4.78 is 5.32. The standard InChI is InChI=1S/C13H20N4O.ClH/c1-2-9(1)13-15-12(16-18-13)8-17-6-4-11-10(7-17)3-5-14-11;/h9-11,14H,1-8H2;1H. The number of piperidine rings is 1.